The lowest BCUT2D eigenvalue weighted by Crippen LogP contribution is -2.29. The number of carbonyl (C=O) groups is 2. The standard InChI is InChI=1S/C13H21N3O3S/c1-8(2)12-16-15-10(20-12)7-14-9(17)5-13(3,4)6-11(18)19/h8H,5-7H2,1-4H3,(H,14,17)(H,18,19). The lowest BCUT2D eigenvalue weighted by Gasteiger charge is -2.21. The van der Waals surface area contributed by atoms with Crippen LogP contribution < -0.4 is 5.32 Å². The summed E-state index contributed by atoms with van der Waals surface area (Å²) < 4.78 is 0. The number of amides is 1. The summed E-state index contributed by atoms with van der Waals surface area (Å²) in [5.41, 5.74) is -0.555. The van der Waals surface area contributed by atoms with Crippen LogP contribution >= 0.6 is 11.3 Å². The minimum atomic E-state index is -0.895. The minimum Gasteiger partial charge on any atom is -0.481 e. The summed E-state index contributed by atoms with van der Waals surface area (Å²) in [6.07, 6.45) is 0.145. The fourth-order valence-electron chi connectivity index (χ4n) is 1.71. The van der Waals surface area contributed by atoms with Crippen LogP contribution in [-0.2, 0) is 16.1 Å². The molecule has 1 rings (SSSR count). The van der Waals surface area contributed by atoms with Gasteiger partial charge in [-0.3, -0.25) is 9.59 Å². The number of carboxylic acid groups (broad SMARTS) is 1. The van der Waals surface area contributed by atoms with E-state index >= 15 is 0 Å². The highest BCUT2D eigenvalue weighted by Gasteiger charge is 2.25. The number of carbonyl (C=O) groups excluding carboxylic acids is 1. The van der Waals surface area contributed by atoms with Crippen LogP contribution in [0.3, 0.4) is 0 Å². The molecule has 1 aromatic heterocycles. The van der Waals surface area contributed by atoms with Crippen molar-refractivity contribution in [1.29, 1.82) is 0 Å². The largest absolute Gasteiger partial charge is 0.481 e. The molecule has 0 aromatic carbocycles. The summed E-state index contributed by atoms with van der Waals surface area (Å²) in [4.78, 5) is 22.5. The van der Waals surface area contributed by atoms with Gasteiger partial charge in [0, 0.05) is 12.3 Å². The molecule has 0 saturated carbocycles. The predicted molar refractivity (Wildman–Crippen MR) is 76.5 cm³/mol. The fourth-order valence-corrected chi connectivity index (χ4v) is 2.50. The van der Waals surface area contributed by atoms with Crippen molar-refractivity contribution in [3.8, 4) is 0 Å². The second kappa shape index (κ2) is 6.78. The number of rotatable bonds is 7. The van der Waals surface area contributed by atoms with Crippen LogP contribution in [0.1, 0.15) is 56.5 Å². The highest BCUT2D eigenvalue weighted by Crippen LogP contribution is 2.25. The second-order valence-electron chi connectivity index (χ2n) is 5.88. The number of hydrogen-bond donors (Lipinski definition) is 2. The Labute approximate surface area is 122 Å². The number of hydrogen-bond acceptors (Lipinski definition) is 5. The third-order valence-corrected chi connectivity index (χ3v) is 3.91. The van der Waals surface area contributed by atoms with Gasteiger partial charge in [-0.2, -0.15) is 0 Å². The van der Waals surface area contributed by atoms with Gasteiger partial charge >= 0.3 is 5.97 Å². The molecule has 7 heteroatoms. The van der Waals surface area contributed by atoms with E-state index in [0.717, 1.165) is 10.0 Å². The number of aromatic nitrogens is 2. The zero-order valence-corrected chi connectivity index (χ0v) is 13.1. The first-order chi connectivity index (χ1) is 9.19. The molecule has 0 aliphatic rings. The average molecular weight is 299 g/mol. The summed E-state index contributed by atoms with van der Waals surface area (Å²) in [5, 5.41) is 21.3. The SMILES string of the molecule is CC(C)c1nnc(CNC(=O)CC(C)(C)CC(=O)O)s1. The van der Waals surface area contributed by atoms with Crippen LogP contribution in [-0.4, -0.2) is 27.2 Å². The Morgan fingerprint density at radius 3 is 2.45 bits per heavy atom. The third kappa shape index (κ3) is 5.64. The maximum atomic E-state index is 11.8. The molecule has 0 radical (unpaired) electrons. The molecule has 0 aliphatic carbocycles. The Hall–Kier alpha value is -1.50. The van der Waals surface area contributed by atoms with Crippen molar-refractivity contribution < 1.29 is 14.7 Å². The van der Waals surface area contributed by atoms with Crippen LogP contribution in [0, 0.1) is 5.41 Å². The molecule has 1 heterocycles. The van der Waals surface area contributed by atoms with E-state index in [4.69, 9.17) is 5.11 Å². The Balaban J connectivity index is 2.44. The van der Waals surface area contributed by atoms with Gasteiger partial charge in [0.1, 0.15) is 10.0 Å². The van der Waals surface area contributed by atoms with Gasteiger partial charge in [0.25, 0.3) is 0 Å². The van der Waals surface area contributed by atoms with E-state index in [0.29, 0.717) is 12.5 Å². The number of nitrogens with zero attached hydrogens (tertiary/aromatic N) is 2. The molecule has 2 N–H and O–H groups in total. The van der Waals surface area contributed by atoms with Gasteiger partial charge in [-0.25, -0.2) is 0 Å². The molecule has 0 saturated heterocycles. The Bertz CT molecular complexity index is 483. The van der Waals surface area contributed by atoms with Gasteiger partial charge in [0.05, 0.1) is 13.0 Å². The Kier molecular flexibility index (Phi) is 5.62. The van der Waals surface area contributed by atoms with Crippen molar-refractivity contribution in [2.24, 2.45) is 5.41 Å². The molecule has 0 unspecified atom stereocenters. The van der Waals surface area contributed by atoms with E-state index in [9.17, 15) is 9.59 Å². The van der Waals surface area contributed by atoms with Crippen molar-refractivity contribution in [2.75, 3.05) is 0 Å². The highest BCUT2D eigenvalue weighted by molar-refractivity contribution is 7.11. The summed E-state index contributed by atoms with van der Waals surface area (Å²) in [6, 6.07) is 0. The molecule has 0 fully saturated rings. The number of carboxylic acids is 1. The molecule has 112 valence electrons. The maximum Gasteiger partial charge on any atom is 0.303 e. The Morgan fingerprint density at radius 2 is 1.95 bits per heavy atom. The second-order valence-corrected chi connectivity index (χ2v) is 6.97. The van der Waals surface area contributed by atoms with E-state index in [1.807, 2.05) is 13.8 Å². The van der Waals surface area contributed by atoms with Gasteiger partial charge in [-0.1, -0.05) is 39.0 Å². The molecule has 0 aliphatic heterocycles. The molecule has 0 spiro atoms. The number of nitrogens with one attached hydrogen (secondary N) is 1. The smallest absolute Gasteiger partial charge is 0.303 e. The zero-order valence-electron chi connectivity index (χ0n) is 12.3. The van der Waals surface area contributed by atoms with E-state index in [-0.39, 0.29) is 18.7 Å². The van der Waals surface area contributed by atoms with Gasteiger partial charge in [0.15, 0.2) is 0 Å². The van der Waals surface area contributed by atoms with Crippen LogP contribution in [0.15, 0.2) is 0 Å². The van der Waals surface area contributed by atoms with E-state index in [2.05, 4.69) is 15.5 Å². The average Bonchev–Trinajstić information content (AvgIpc) is 2.72. The van der Waals surface area contributed by atoms with Crippen LogP contribution in [0.25, 0.3) is 0 Å². The monoisotopic (exact) mass is 299 g/mol. The number of aliphatic carboxylic acids is 1. The predicted octanol–water partition coefficient (Wildman–Crippen LogP) is 2.17. The molecule has 1 aromatic rings. The highest BCUT2D eigenvalue weighted by atomic mass is 32.1. The van der Waals surface area contributed by atoms with Crippen LogP contribution in [0.5, 0.6) is 0 Å². The van der Waals surface area contributed by atoms with Crippen molar-refractivity contribution in [2.45, 2.75) is 53.0 Å². The lowest BCUT2D eigenvalue weighted by molar-refractivity contribution is -0.139. The quantitative estimate of drug-likeness (QED) is 0.805. The first-order valence-corrected chi connectivity index (χ1v) is 7.32. The van der Waals surface area contributed by atoms with Gasteiger partial charge in [0.2, 0.25) is 5.91 Å². The lowest BCUT2D eigenvalue weighted by atomic mass is 9.85. The van der Waals surface area contributed by atoms with Crippen molar-refractivity contribution in [1.82, 2.24) is 15.5 Å². The summed E-state index contributed by atoms with van der Waals surface area (Å²) in [7, 11) is 0. The van der Waals surface area contributed by atoms with Crippen LogP contribution in [0.4, 0.5) is 0 Å². The summed E-state index contributed by atoms with van der Waals surface area (Å²) in [6.45, 7) is 7.95. The topological polar surface area (TPSA) is 92.2 Å². The Morgan fingerprint density at radius 1 is 1.30 bits per heavy atom. The first kappa shape index (κ1) is 16.6. The van der Waals surface area contributed by atoms with E-state index < -0.39 is 11.4 Å². The van der Waals surface area contributed by atoms with Crippen molar-refractivity contribution in [3.05, 3.63) is 10.0 Å². The zero-order chi connectivity index (χ0) is 15.3. The van der Waals surface area contributed by atoms with E-state index in [1.165, 1.54) is 11.3 Å². The molecule has 0 bridgehead atoms. The van der Waals surface area contributed by atoms with Gasteiger partial charge in [-0.05, 0) is 5.41 Å². The van der Waals surface area contributed by atoms with Crippen molar-refractivity contribution in [3.63, 3.8) is 0 Å². The molecule has 6 nitrogen and oxygen atoms in total. The van der Waals surface area contributed by atoms with E-state index in [1.54, 1.807) is 13.8 Å². The third-order valence-electron chi connectivity index (χ3n) is 2.68. The molecule has 0 atom stereocenters. The normalized spacial score (nSPS) is 11.7. The maximum absolute atomic E-state index is 11.8. The van der Waals surface area contributed by atoms with Gasteiger partial charge < -0.3 is 10.4 Å². The molecule has 1 amide bonds. The molecule has 20 heavy (non-hydrogen) atoms. The fraction of sp³-hybridized carbons (Fsp3) is 0.692. The summed E-state index contributed by atoms with van der Waals surface area (Å²) >= 11 is 1.48. The van der Waals surface area contributed by atoms with Crippen molar-refractivity contribution >= 4 is 23.2 Å². The van der Waals surface area contributed by atoms with Crippen LogP contribution in [0.2, 0.25) is 0 Å². The molecular formula is C13H21N3O3S. The first-order valence-electron chi connectivity index (χ1n) is 6.50. The molecular weight excluding hydrogens is 278 g/mol. The summed E-state index contributed by atoms with van der Waals surface area (Å²) in [5.74, 6) is -0.738. The van der Waals surface area contributed by atoms with Gasteiger partial charge in [-0.15, -0.1) is 10.2 Å². The minimum absolute atomic E-state index is 0.0310.